The summed E-state index contributed by atoms with van der Waals surface area (Å²) in [5.74, 6) is -1.63. The molecular weight excluding hydrogens is 604 g/mol. The largest absolute Gasteiger partial charge is 0.389 e. The highest BCUT2D eigenvalue weighted by atomic mass is 16.6. The van der Waals surface area contributed by atoms with Crippen LogP contribution in [-0.4, -0.2) is 35.3 Å². The van der Waals surface area contributed by atoms with E-state index in [9.17, 15) is 24.3 Å². The highest BCUT2D eigenvalue weighted by molar-refractivity contribution is 6.45. The molecule has 0 bridgehead atoms. The van der Waals surface area contributed by atoms with Crippen molar-refractivity contribution in [3.63, 3.8) is 0 Å². The van der Waals surface area contributed by atoms with Gasteiger partial charge in [0, 0.05) is 33.0 Å². The third-order valence-electron chi connectivity index (χ3n) is 10.1. The van der Waals surface area contributed by atoms with Gasteiger partial charge < -0.3 is 9.84 Å². The van der Waals surface area contributed by atoms with Gasteiger partial charge in [0.1, 0.15) is 6.10 Å². The minimum atomic E-state index is -0.674. The molecule has 2 atom stereocenters. The first-order chi connectivity index (χ1) is 23.3. The van der Waals surface area contributed by atoms with E-state index in [1.165, 1.54) is 9.80 Å². The van der Waals surface area contributed by atoms with Crippen molar-refractivity contribution in [1.82, 2.24) is 0 Å². The second-order valence-corrected chi connectivity index (χ2v) is 12.7. The van der Waals surface area contributed by atoms with Gasteiger partial charge in [0.15, 0.2) is 0 Å². The monoisotopic (exact) mass is 628 g/mol. The molecule has 3 heterocycles. The van der Waals surface area contributed by atoms with Gasteiger partial charge in [0.05, 0.1) is 24.1 Å². The van der Waals surface area contributed by atoms with Gasteiger partial charge in [-0.15, -0.1) is 0 Å². The average Bonchev–Trinajstić information content (AvgIpc) is 3.95. The predicted molar refractivity (Wildman–Crippen MR) is 182 cm³/mol. The summed E-state index contributed by atoms with van der Waals surface area (Å²) in [5.41, 5.74) is 4.33. The van der Waals surface area contributed by atoms with E-state index in [0.717, 1.165) is 37.9 Å². The number of hydrogen-bond acceptors (Lipinski definition) is 6. The average molecular weight is 629 g/mol. The van der Waals surface area contributed by atoms with Gasteiger partial charge in [0.2, 0.25) is 0 Å². The number of imide groups is 2. The summed E-state index contributed by atoms with van der Waals surface area (Å²) in [6, 6.07) is 28.7. The Morgan fingerprint density at radius 1 is 0.542 bits per heavy atom. The normalized spacial score (nSPS) is 17.8. The third kappa shape index (κ3) is 3.45. The molecule has 0 radical (unpaired) electrons. The zero-order valence-corrected chi connectivity index (χ0v) is 25.5. The van der Waals surface area contributed by atoms with E-state index in [-0.39, 0.29) is 17.9 Å². The smallest absolute Gasteiger partial charge is 0.265 e. The molecular formula is C40H24N2O6. The van der Waals surface area contributed by atoms with Crippen LogP contribution in [0.1, 0.15) is 71.7 Å². The van der Waals surface area contributed by atoms with E-state index in [1.807, 2.05) is 36.4 Å². The first-order valence-electron chi connectivity index (χ1n) is 15.8. The van der Waals surface area contributed by atoms with Crippen LogP contribution in [0.3, 0.4) is 0 Å². The van der Waals surface area contributed by atoms with Crippen molar-refractivity contribution in [2.24, 2.45) is 0 Å². The Bertz CT molecular complexity index is 2320. The SMILES string of the molecule is CC(O)c1ccc(N2C(=O)c3ccc4c5ccc6c7c(ccc(c8ccc(c3c48)C2=O)c75)C(=O)N(c2ccc(C3CO3)cc2)C6=O)cc1. The summed E-state index contributed by atoms with van der Waals surface area (Å²) in [7, 11) is 0. The molecule has 0 saturated carbocycles. The maximum atomic E-state index is 14.0. The molecule has 1 N–H and O–H groups in total. The van der Waals surface area contributed by atoms with Crippen LogP contribution in [0, 0.1) is 0 Å². The first kappa shape index (κ1) is 27.2. The standard InChI is InChI=1S/C40H24N2O6/c1-19(43)20-2-6-22(7-3-20)41-37(44)28-14-10-24-26-12-16-30-36-31(40(47)42(39(30)46)23-8-4-21(5-9-23)32-18-48-32)17-13-27(34(26)36)25-11-15-29(38(41)45)35(28)33(24)25/h2-17,19,32,43H,18H2,1H3. The Kier molecular flexibility index (Phi) is 5.28. The molecule has 0 aromatic heterocycles. The molecule has 0 aliphatic carbocycles. The lowest BCUT2D eigenvalue weighted by Gasteiger charge is -2.30. The highest BCUT2D eigenvalue weighted by Gasteiger charge is 2.38. The number of nitrogens with zero attached hydrogens (tertiary/aromatic N) is 2. The second kappa shape index (κ2) is 9.32. The first-order valence-corrected chi connectivity index (χ1v) is 15.8. The number of epoxide rings is 1. The van der Waals surface area contributed by atoms with Gasteiger partial charge in [-0.2, -0.15) is 0 Å². The number of carbonyl (C=O) groups excluding carboxylic acids is 4. The van der Waals surface area contributed by atoms with Crippen molar-refractivity contribution in [2.75, 3.05) is 16.4 Å². The molecule has 4 amide bonds. The quantitative estimate of drug-likeness (QED) is 0.0939. The van der Waals surface area contributed by atoms with Crippen molar-refractivity contribution in [1.29, 1.82) is 0 Å². The Morgan fingerprint density at radius 3 is 1.23 bits per heavy atom. The number of benzene rings is 7. The number of carbonyl (C=O) groups is 4. The molecule has 7 aromatic rings. The minimum absolute atomic E-state index is 0.0705. The summed E-state index contributed by atoms with van der Waals surface area (Å²) in [5, 5.41) is 16.1. The number of aliphatic hydroxyl groups is 1. The molecule has 7 aromatic carbocycles. The molecule has 48 heavy (non-hydrogen) atoms. The molecule has 8 heteroatoms. The van der Waals surface area contributed by atoms with Gasteiger partial charge >= 0.3 is 0 Å². The number of fused-ring (bicyclic) bond motifs is 2. The van der Waals surface area contributed by atoms with Crippen molar-refractivity contribution >= 4 is 78.1 Å². The van der Waals surface area contributed by atoms with Crippen molar-refractivity contribution < 1.29 is 29.0 Å². The van der Waals surface area contributed by atoms with E-state index in [2.05, 4.69) is 0 Å². The molecule has 8 nitrogen and oxygen atoms in total. The molecule has 3 aliphatic heterocycles. The molecule has 1 fully saturated rings. The summed E-state index contributed by atoms with van der Waals surface area (Å²) in [6.45, 7) is 2.33. The summed E-state index contributed by atoms with van der Waals surface area (Å²) in [6.07, 6.45) is -0.603. The topological polar surface area (TPSA) is 108 Å². The maximum Gasteiger partial charge on any atom is 0.265 e. The van der Waals surface area contributed by atoms with Crippen molar-refractivity contribution in [3.05, 3.63) is 130 Å². The lowest BCUT2D eigenvalue weighted by atomic mass is 9.82. The van der Waals surface area contributed by atoms with Crippen LogP contribution in [-0.2, 0) is 4.74 Å². The van der Waals surface area contributed by atoms with Gasteiger partial charge in [-0.25, -0.2) is 9.80 Å². The molecule has 0 spiro atoms. The molecule has 10 rings (SSSR count). The van der Waals surface area contributed by atoms with Crippen LogP contribution in [0.4, 0.5) is 11.4 Å². The lowest BCUT2D eigenvalue weighted by molar-refractivity contribution is 0.0877. The summed E-state index contributed by atoms with van der Waals surface area (Å²) < 4.78 is 5.37. The Hall–Kier alpha value is -5.96. The van der Waals surface area contributed by atoms with Crippen LogP contribution in [0.15, 0.2) is 97.1 Å². The molecule has 230 valence electrons. The van der Waals surface area contributed by atoms with Crippen LogP contribution in [0.25, 0.3) is 43.1 Å². The number of anilines is 2. The zero-order chi connectivity index (χ0) is 32.6. The van der Waals surface area contributed by atoms with Crippen LogP contribution < -0.4 is 9.80 Å². The summed E-state index contributed by atoms with van der Waals surface area (Å²) in [4.78, 5) is 58.4. The van der Waals surface area contributed by atoms with Crippen molar-refractivity contribution in [2.45, 2.75) is 19.1 Å². The Labute approximate surface area is 272 Å². The van der Waals surface area contributed by atoms with Crippen LogP contribution in [0.5, 0.6) is 0 Å². The van der Waals surface area contributed by atoms with E-state index in [1.54, 1.807) is 67.6 Å². The van der Waals surface area contributed by atoms with Gasteiger partial charge in [-0.3, -0.25) is 19.2 Å². The predicted octanol–water partition coefficient (Wildman–Crippen LogP) is 7.46. The molecule has 3 aliphatic rings. The number of aliphatic hydroxyl groups excluding tert-OH is 1. The van der Waals surface area contributed by atoms with E-state index >= 15 is 0 Å². The van der Waals surface area contributed by atoms with Crippen LogP contribution in [0.2, 0.25) is 0 Å². The fourth-order valence-corrected chi connectivity index (χ4v) is 7.72. The second-order valence-electron chi connectivity index (χ2n) is 12.7. The number of rotatable bonds is 4. The maximum absolute atomic E-state index is 14.0. The van der Waals surface area contributed by atoms with Gasteiger partial charge in [0.25, 0.3) is 23.6 Å². The molecule has 2 unspecified atom stereocenters. The van der Waals surface area contributed by atoms with E-state index < -0.39 is 17.9 Å². The lowest BCUT2D eigenvalue weighted by Crippen LogP contribution is -2.40. The van der Waals surface area contributed by atoms with Crippen molar-refractivity contribution in [3.8, 4) is 0 Å². The number of amides is 4. The zero-order valence-electron chi connectivity index (χ0n) is 25.5. The summed E-state index contributed by atoms with van der Waals surface area (Å²) >= 11 is 0. The Balaban J connectivity index is 1.16. The van der Waals surface area contributed by atoms with Crippen LogP contribution >= 0.6 is 0 Å². The fourth-order valence-electron chi connectivity index (χ4n) is 7.72. The highest BCUT2D eigenvalue weighted by Crippen LogP contribution is 2.47. The van der Waals surface area contributed by atoms with Gasteiger partial charge in [-0.05, 0) is 98.9 Å². The number of ether oxygens (including phenoxy) is 1. The minimum Gasteiger partial charge on any atom is -0.389 e. The van der Waals surface area contributed by atoms with Gasteiger partial charge in [-0.1, -0.05) is 48.5 Å². The number of hydrogen-bond donors (Lipinski definition) is 1. The Morgan fingerprint density at radius 2 is 0.896 bits per heavy atom. The molecule has 1 saturated heterocycles. The van der Waals surface area contributed by atoms with E-state index in [4.69, 9.17) is 4.74 Å². The third-order valence-corrected chi connectivity index (χ3v) is 10.1. The fraction of sp³-hybridized carbons (Fsp3) is 0.100. The van der Waals surface area contributed by atoms with E-state index in [0.29, 0.717) is 56.6 Å².